The van der Waals surface area contributed by atoms with Crippen LogP contribution in [0.15, 0.2) is 18.2 Å². The molecule has 3 N–H and O–H groups in total. The lowest BCUT2D eigenvalue weighted by Crippen LogP contribution is -2.25. The molecule has 0 amide bonds. The minimum Gasteiger partial charge on any atom is -0.396 e. The fourth-order valence-corrected chi connectivity index (χ4v) is 1.39. The summed E-state index contributed by atoms with van der Waals surface area (Å²) >= 11 is 0. The highest BCUT2D eigenvalue weighted by molar-refractivity contribution is 5.72. The summed E-state index contributed by atoms with van der Waals surface area (Å²) in [6.07, 6.45) is 0. The van der Waals surface area contributed by atoms with Crippen LogP contribution < -0.4 is 11.1 Å². The summed E-state index contributed by atoms with van der Waals surface area (Å²) in [5, 5.41) is 12.2. The van der Waals surface area contributed by atoms with E-state index < -0.39 is 0 Å². The summed E-state index contributed by atoms with van der Waals surface area (Å²) in [7, 11) is 0. The molecule has 3 heteroatoms. The zero-order valence-electron chi connectivity index (χ0n) is 11.0. The molecule has 17 heavy (non-hydrogen) atoms. The van der Waals surface area contributed by atoms with Crippen molar-refractivity contribution in [1.29, 1.82) is 5.26 Å². The topological polar surface area (TPSA) is 61.8 Å². The number of rotatable bonds is 3. The summed E-state index contributed by atoms with van der Waals surface area (Å²) in [4.78, 5) is 0. The van der Waals surface area contributed by atoms with Crippen molar-refractivity contribution in [1.82, 2.24) is 0 Å². The summed E-state index contributed by atoms with van der Waals surface area (Å²) < 4.78 is 0. The molecule has 0 aliphatic carbocycles. The number of nitrogen functional groups attached to an aromatic ring is 1. The molecule has 0 spiro atoms. The van der Waals surface area contributed by atoms with Crippen molar-refractivity contribution in [3.63, 3.8) is 0 Å². The SMILES string of the molecule is CC(CNc1cccc(C#N)c1N)C(C)(C)C. The first-order valence-corrected chi connectivity index (χ1v) is 5.88. The summed E-state index contributed by atoms with van der Waals surface area (Å²) in [6.45, 7) is 9.71. The maximum absolute atomic E-state index is 8.89. The van der Waals surface area contributed by atoms with E-state index in [1.54, 1.807) is 6.07 Å². The number of hydrogen-bond donors (Lipinski definition) is 2. The quantitative estimate of drug-likeness (QED) is 0.785. The molecule has 0 bridgehead atoms. The van der Waals surface area contributed by atoms with E-state index in [-0.39, 0.29) is 5.41 Å². The Bertz CT molecular complexity index is 424. The van der Waals surface area contributed by atoms with E-state index in [2.05, 4.69) is 39.1 Å². The smallest absolute Gasteiger partial charge is 0.101 e. The molecular weight excluding hydrogens is 210 g/mol. The highest BCUT2D eigenvalue weighted by Crippen LogP contribution is 2.27. The Morgan fingerprint density at radius 1 is 1.41 bits per heavy atom. The number of para-hydroxylation sites is 1. The molecule has 1 aromatic rings. The first-order chi connectivity index (χ1) is 7.86. The van der Waals surface area contributed by atoms with Crippen molar-refractivity contribution < 1.29 is 0 Å². The second-order valence-electron chi connectivity index (χ2n) is 5.53. The van der Waals surface area contributed by atoms with Crippen molar-refractivity contribution in [3.05, 3.63) is 23.8 Å². The number of anilines is 2. The van der Waals surface area contributed by atoms with Gasteiger partial charge in [0, 0.05) is 6.54 Å². The van der Waals surface area contributed by atoms with Crippen LogP contribution in [0.25, 0.3) is 0 Å². The van der Waals surface area contributed by atoms with Gasteiger partial charge in [0.2, 0.25) is 0 Å². The van der Waals surface area contributed by atoms with Crippen molar-refractivity contribution in [2.24, 2.45) is 11.3 Å². The van der Waals surface area contributed by atoms with Gasteiger partial charge >= 0.3 is 0 Å². The van der Waals surface area contributed by atoms with Gasteiger partial charge in [-0.2, -0.15) is 5.26 Å². The van der Waals surface area contributed by atoms with Crippen LogP contribution in [0.4, 0.5) is 11.4 Å². The van der Waals surface area contributed by atoms with Gasteiger partial charge in [-0.3, -0.25) is 0 Å². The van der Waals surface area contributed by atoms with Crippen LogP contribution in [-0.2, 0) is 0 Å². The number of nitriles is 1. The van der Waals surface area contributed by atoms with Crippen LogP contribution in [0, 0.1) is 22.7 Å². The average Bonchev–Trinajstić information content (AvgIpc) is 2.26. The van der Waals surface area contributed by atoms with Gasteiger partial charge in [0.15, 0.2) is 0 Å². The van der Waals surface area contributed by atoms with Crippen LogP contribution in [-0.4, -0.2) is 6.54 Å². The molecule has 0 saturated carbocycles. The number of nitrogens with one attached hydrogen (secondary N) is 1. The Morgan fingerprint density at radius 2 is 2.06 bits per heavy atom. The third kappa shape index (κ3) is 3.39. The predicted molar refractivity (Wildman–Crippen MR) is 72.7 cm³/mol. The minimum absolute atomic E-state index is 0.259. The first kappa shape index (κ1) is 13.4. The fourth-order valence-electron chi connectivity index (χ4n) is 1.39. The van der Waals surface area contributed by atoms with Gasteiger partial charge in [0.05, 0.1) is 16.9 Å². The lowest BCUT2D eigenvalue weighted by Gasteiger charge is -2.28. The molecule has 0 fully saturated rings. The first-order valence-electron chi connectivity index (χ1n) is 5.88. The molecule has 0 heterocycles. The number of benzene rings is 1. The van der Waals surface area contributed by atoms with E-state index >= 15 is 0 Å². The number of nitrogens with two attached hydrogens (primary N) is 1. The number of hydrogen-bond acceptors (Lipinski definition) is 3. The van der Waals surface area contributed by atoms with E-state index in [1.165, 1.54) is 0 Å². The summed E-state index contributed by atoms with van der Waals surface area (Å²) in [5.41, 5.74) is 8.07. The lowest BCUT2D eigenvalue weighted by atomic mass is 9.82. The molecule has 1 atom stereocenters. The van der Waals surface area contributed by atoms with E-state index in [9.17, 15) is 0 Å². The molecule has 0 aromatic heterocycles. The molecule has 92 valence electrons. The van der Waals surface area contributed by atoms with Crippen LogP contribution in [0.1, 0.15) is 33.3 Å². The van der Waals surface area contributed by atoms with Gasteiger partial charge in [0.25, 0.3) is 0 Å². The van der Waals surface area contributed by atoms with Crippen LogP contribution in [0.2, 0.25) is 0 Å². The molecule has 1 aromatic carbocycles. The molecule has 0 saturated heterocycles. The molecule has 0 aliphatic rings. The van der Waals surface area contributed by atoms with Crippen molar-refractivity contribution in [2.45, 2.75) is 27.7 Å². The van der Waals surface area contributed by atoms with Gasteiger partial charge in [0.1, 0.15) is 6.07 Å². The molecule has 0 radical (unpaired) electrons. The standard InChI is InChI=1S/C14H21N3/c1-10(14(2,3)4)9-17-12-7-5-6-11(8-15)13(12)16/h5-7,10,17H,9,16H2,1-4H3. The monoisotopic (exact) mass is 231 g/mol. The fraction of sp³-hybridized carbons (Fsp3) is 0.500. The van der Waals surface area contributed by atoms with Gasteiger partial charge < -0.3 is 11.1 Å². The highest BCUT2D eigenvalue weighted by atomic mass is 14.9. The van der Waals surface area contributed by atoms with E-state index in [0.29, 0.717) is 17.2 Å². The maximum atomic E-state index is 8.89. The zero-order valence-corrected chi connectivity index (χ0v) is 11.0. The minimum atomic E-state index is 0.259. The molecule has 3 nitrogen and oxygen atoms in total. The van der Waals surface area contributed by atoms with E-state index in [0.717, 1.165) is 12.2 Å². The molecule has 1 unspecified atom stereocenters. The summed E-state index contributed by atoms with van der Waals surface area (Å²) in [6, 6.07) is 7.57. The van der Waals surface area contributed by atoms with Crippen LogP contribution in [0.3, 0.4) is 0 Å². The van der Waals surface area contributed by atoms with E-state index in [4.69, 9.17) is 11.0 Å². The largest absolute Gasteiger partial charge is 0.396 e. The highest BCUT2D eigenvalue weighted by Gasteiger charge is 2.19. The zero-order chi connectivity index (χ0) is 13.1. The van der Waals surface area contributed by atoms with Crippen LogP contribution >= 0.6 is 0 Å². The van der Waals surface area contributed by atoms with Gasteiger partial charge in [-0.1, -0.05) is 33.8 Å². The predicted octanol–water partition coefficient (Wildman–Crippen LogP) is 3.23. The third-order valence-electron chi connectivity index (χ3n) is 3.30. The van der Waals surface area contributed by atoms with Crippen molar-refractivity contribution in [3.8, 4) is 6.07 Å². The number of nitrogens with zero attached hydrogens (tertiary/aromatic N) is 1. The normalized spacial score (nSPS) is 12.9. The maximum Gasteiger partial charge on any atom is 0.101 e. The Balaban J connectivity index is 2.74. The van der Waals surface area contributed by atoms with Crippen molar-refractivity contribution >= 4 is 11.4 Å². The Kier molecular flexibility index (Phi) is 4.01. The van der Waals surface area contributed by atoms with E-state index in [1.807, 2.05) is 12.1 Å². The van der Waals surface area contributed by atoms with Gasteiger partial charge in [-0.05, 0) is 23.5 Å². The average molecular weight is 231 g/mol. The van der Waals surface area contributed by atoms with Crippen LogP contribution in [0.5, 0.6) is 0 Å². The second kappa shape index (κ2) is 5.09. The lowest BCUT2D eigenvalue weighted by molar-refractivity contribution is 0.274. The Morgan fingerprint density at radius 3 is 2.59 bits per heavy atom. The van der Waals surface area contributed by atoms with Gasteiger partial charge in [-0.15, -0.1) is 0 Å². The Labute approximate surface area is 104 Å². The third-order valence-corrected chi connectivity index (χ3v) is 3.30. The summed E-state index contributed by atoms with van der Waals surface area (Å²) in [5.74, 6) is 0.521. The Hall–Kier alpha value is -1.69. The molecular formula is C14H21N3. The second-order valence-corrected chi connectivity index (χ2v) is 5.53. The van der Waals surface area contributed by atoms with Crippen molar-refractivity contribution in [2.75, 3.05) is 17.6 Å². The molecule has 1 rings (SSSR count). The van der Waals surface area contributed by atoms with Gasteiger partial charge in [-0.25, -0.2) is 0 Å². The molecule has 0 aliphatic heterocycles.